The average Bonchev–Trinajstić information content (AvgIpc) is 3.93. The summed E-state index contributed by atoms with van der Waals surface area (Å²) in [4.78, 5) is 12.2. The molecule has 12 rings (SSSR count). The standard InChI is InChI=1S/C50H35N3S2/c1-3-12-30(13-4-1)32-23-27-45-39(28-32)36-19-11-18-34(48(36)54-45)33-22-25-42-40(29-33)46-43(26-24-37-35-16-8-10-21-44(35)55-49(37)46)53(42)50-51-41-20-9-7-17-38(41)47(52-50)31-14-5-2-6-15-31/h1-6,8,10-21,23-24,26-27,29,32H,7,9,22,25,28H2. The molecular weight excluding hydrogens is 707 g/mol. The van der Waals surface area contributed by atoms with E-state index in [1.807, 2.05) is 22.7 Å². The van der Waals surface area contributed by atoms with E-state index in [2.05, 4.69) is 150 Å². The summed E-state index contributed by atoms with van der Waals surface area (Å²) < 4.78 is 6.47. The van der Waals surface area contributed by atoms with Gasteiger partial charge < -0.3 is 0 Å². The van der Waals surface area contributed by atoms with Gasteiger partial charge in [-0.15, -0.1) is 22.7 Å². The maximum absolute atomic E-state index is 5.44. The Hall–Kier alpha value is -5.88. The molecule has 3 nitrogen and oxygen atoms in total. The molecule has 9 aromatic rings. The molecule has 0 radical (unpaired) electrons. The van der Waals surface area contributed by atoms with E-state index in [0.717, 1.165) is 59.9 Å². The fourth-order valence-corrected chi connectivity index (χ4v) is 11.9. The molecule has 1 atom stereocenters. The van der Waals surface area contributed by atoms with Gasteiger partial charge in [-0.2, -0.15) is 0 Å². The van der Waals surface area contributed by atoms with Gasteiger partial charge in [-0.3, -0.25) is 4.57 Å². The zero-order valence-corrected chi connectivity index (χ0v) is 31.8. The van der Waals surface area contributed by atoms with Crippen LogP contribution in [0.1, 0.15) is 58.0 Å². The van der Waals surface area contributed by atoms with Crippen LogP contribution in [0.2, 0.25) is 0 Å². The normalized spacial score (nSPS) is 16.1. The summed E-state index contributed by atoms with van der Waals surface area (Å²) >= 11 is 3.88. The van der Waals surface area contributed by atoms with E-state index in [1.54, 1.807) is 0 Å². The van der Waals surface area contributed by atoms with E-state index in [9.17, 15) is 0 Å². The van der Waals surface area contributed by atoms with Crippen LogP contribution < -0.4 is 10.6 Å². The molecule has 5 heteroatoms. The second-order valence-corrected chi connectivity index (χ2v) is 17.1. The lowest BCUT2D eigenvalue weighted by molar-refractivity contribution is 0.837. The lowest BCUT2D eigenvalue weighted by Gasteiger charge is -2.19. The Morgan fingerprint density at radius 1 is 0.673 bits per heavy atom. The van der Waals surface area contributed by atoms with Gasteiger partial charge in [-0.05, 0) is 84.0 Å². The molecule has 0 saturated carbocycles. The largest absolute Gasteiger partial charge is 0.282 e. The smallest absolute Gasteiger partial charge is 0.235 e. The number of hydrogen-bond donors (Lipinski definition) is 0. The summed E-state index contributed by atoms with van der Waals surface area (Å²) in [5, 5.41) is 7.56. The number of rotatable bonds is 4. The molecule has 3 aliphatic carbocycles. The molecule has 5 aromatic carbocycles. The van der Waals surface area contributed by atoms with Crippen LogP contribution in [-0.4, -0.2) is 14.5 Å². The van der Waals surface area contributed by atoms with Crippen LogP contribution in [0.25, 0.3) is 88.2 Å². The summed E-state index contributed by atoms with van der Waals surface area (Å²) in [6.07, 6.45) is 16.8. The molecule has 4 aromatic heterocycles. The Morgan fingerprint density at radius 3 is 2.40 bits per heavy atom. The number of allylic oxidation sites excluding steroid dienone is 2. The molecule has 0 N–H and O–H groups in total. The van der Waals surface area contributed by atoms with E-state index in [-0.39, 0.29) is 0 Å². The van der Waals surface area contributed by atoms with Crippen molar-refractivity contribution in [3.8, 4) is 17.2 Å². The van der Waals surface area contributed by atoms with Crippen LogP contribution in [0.4, 0.5) is 0 Å². The second kappa shape index (κ2) is 12.3. The van der Waals surface area contributed by atoms with E-state index >= 15 is 0 Å². The van der Waals surface area contributed by atoms with Crippen LogP contribution in [0.3, 0.4) is 0 Å². The molecule has 55 heavy (non-hydrogen) atoms. The topological polar surface area (TPSA) is 30.7 Å². The third kappa shape index (κ3) is 4.86. The van der Waals surface area contributed by atoms with Crippen LogP contribution in [0.15, 0.2) is 121 Å². The van der Waals surface area contributed by atoms with E-state index in [0.29, 0.717) is 5.92 Å². The van der Waals surface area contributed by atoms with E-state index in [1.165, 1.54) is 79.6 Å². The van der Waals surface area contributed by atoms with Crippen molar-refractivity contribution in [3.63, 3.8) is 0 Å². The zero-order valence-electron chi connectivity index (χ0n) is 30.1. The van der Waals surface area contributed by atoms with Crippen LogP contribution >= 0.6 is 22.7 Å². The highest BCUT2D eigenvalue weighted by molar-refractivity contribution is 7.26. The number of hydrogen-bond acceptors (Lipinski definition) is 4. The minimum atomic E-state index is 0.408. The molecule has 0 saturated heterocycles. The summed E-state index contributed by atoms with van der Waals surface area (Å²) in [5.74, 6) is 1.17. The van der Waals surface area contributed by atoms with Gasteiger partial charge in [-0.1, -0.05) is 121 Å². The number of benzene rings is 5. The van der Waals surface area contributed by atoms with Crippen molar-refractivity contribution in [2.24, 2.45) is 0 Å². The highest BCUT2D eigenvalue weighted by Crippen LogP contribution is 2.48. The van der Waals surface area contributed by atoms with Gasteiger partial charge in [0.15, 0.2) is 0 Å². The van der Waals surface area contributed by atoms with Crippen molar-refractivity contribution in [3.05, 3.63) is 165 Å². The predicted octanol–water partition coefficient (Wildman–Crippen LogP) is 11.9. The van der Waals surface area contributed by atoms with E-state index in [4.69, 9.17) is 9.97 Å². The van der Waals surface area contributed by atoms with Gasteiger partial charge in [0.2, 0.25) is 5.95 Å². The third-order valence-corrected chi connectivity index (χ3v) is 14.4. The molecule has 0 spiro atoms. The Labute approximate surface area is 326 Å². The molecule has 3 aliphatic rings. The summed E-state index contributed by atoms with van der Waals surface area (Å²) in [6.45, 7) is 0. The Bertz CT molecular complexity index is 3230. The molecule has 0 bridgehead atoms. The lowest BCUT2D eigenvalue weighted by atomic mass is 9.86. The van der Waals surface area contributed by atoms with E-state index < -0.39 is 0 Å². The van der Waals surface area contributed by atoms with Crippen molar-refractivity contribution in [1.82, 2.24) is 14.5 Å². The van der Waals surface area contributed by atoms with Crippen LogP contribution in [0.5, 0.6) is 0 Å². The van der Waals surface area contributed by atoms with Crippen molar-refractivity contribution in [2.45, 2.75) is 38.0 Å². The second-order valence-electron chi connectivity index (χ2n) is 15.0. The number of nitrogens with zero attached hydrogens (tertiary/aromatic N) is 3. The maximum Gasteiger partial charge on any atom is 0.235 e. The summed E-state index contributed by atoms with van der Waals surface area (Å²) in [6, 6.07) is 42.1. The first-order valence-corrected chi connectivity index (χ1v) is 21.0. The summed E-state index contributed by atoms with van der Waals surface area (Å²) in [5.41, 5.74) is 11.6. The zero-order chi connectivity index (χ0) is 36.0. The molecule has 1 unspecified atom stereocenters. The van der Waals surface area contributed by atoms with Gasteiger partial charge in [0, 0.05) is 63.1 Å². The maximum atomic E-state index is 5.44. The fourth-order valence-electron chi connectivity index (χ4n) is 9.38. The quantitative estimate of drug-likeness (QED) is 0.180. The first-order chi connectivity index (χ1) is 27.3. The van der Waals surface area contributed by atoms with Crippen LogP contribution in [0, 0.1) is 0 Å². The summed E-state index contributed by atoms with van der Waals surface area (Å²) in [7, 11) is 0. The highest BCUT2D eigenvalue weighted by Gasteiger charge is 2.28. The number of fused-ring (bicyclic) bond motifs is 11. The number of aromatic nitrogens is 3. The van der Waals surface area contributed by atoms with Gasteiger partial charge in [0.25, 0.3) is 0 Å². The minimum absolute atomic E-state index is 0.408. The first-order valence-electron chi connectivity index (χ1n) is 19.4. The Morgan fingerprint density at radius 2 is 1.49 bits per heavy atom. The highest BCUT2D eigenvalue weighted by atomic mass is 32.1. The van der Waals surface area contributed by atoms with Crippen molar-refractivity contribution < 1.29 is 0 Å². The fraction of sp³-hybridized carbons (Fsp3) is 0.120. The first kappa shape index (κ1) is 31.5. The van der Waals surface area contributed by atoms with Crippen molar-refractivity contribution in [1.29, 1.82) is 0 Å². The Balaban J connectivity index is 1.09. The van der Waals surface area contributed by atoms with Gasteiger partial charge in [0.05, 0.1) is 16.6 Å². The third-order valence-electron chi connectivity index (χ3n) is 12.0. The predicted molar refractivity (Wildman–Crippen MR) is 235 cm³/mol. The number of thiophene rings is 2. The van der Waals surface area contributed by atoms with Gasteiger partial charge in [-0.25, -0.2) is 9.97 Å². The Kier molecular flexibility index (Phi) is 7.05. The van der Waals surface area contributed by atoms with Crippen molar-refractivity contribution >= 4 is 93.7 Å². The van der Waals surface area contributed by atoms with Gasteiger partial charge >= 0.3 is 0 Å². The molecule has 0 amide bonds. The molecule has 262 valence electrons. The molecular formula is C50H35N3S2. The minimum Gasteiger partial charge on any atom is -0.282 e. The molecule has 4 heterocycles. The monoisotopic (exact) mass is 741 g/mol. The average molecular weight is 742 g/mol. The van der Waals surface area contributed by atoms with Crippen molar-refractivity contribution in [2.75, 3.05) is 0 Å². The molecule has 0 fully saturated rings. The molecule has 0 aliphatic heterocycles. The van der Waals surface area contributed by atoms with Crippen LogP contribution in [-0.2, 0) is 12.8 Å². The SMILES string of the molecule is C1=CC(c2ccccc2)Cc2c1sc1c(C3=Cc4c(n(-c5nc(-c6ccccc6)c6c(n5)=CCCC=6)c5ccc6c7ccccc7sc6c45)CC3)cccc21. The lowest BCUT2D eigenvalue weighted by Crippen LogP contribution is -2.34. The van der Waals surface area contributed by atoms with Gasteiger partial charge in [0.1, 0.15) is 0 Å².